The number of aromatic nitrogens is 2. The molecule has 0 aliphatic heterocycles. The molecule has 5 aromatic rings. The SMILES string of the molecule is Cc1ccc(Nc2nc(-c3ccc(C(=O)N/N=C\c4cc(C)n(-c5cccc([N+](=O)[O-])c5)c4C)cc3)cs2)cc1. The number of benzene rings is 3. The third-order valence-corrected chi connectivity index (χ3v) is 7.15. The van der Waals surface area contributed by atoms with Crippen LogP contribution in [0.5, 0.6) is 0 Å². The molecule has 0 saturated heterocycles. The molecule has 0 spiro atoms. The molecule has 40 heavy (non-hydrogen) atoms. The van der Waals surface area contributed by atoms with Gasteiger partial charge in [0.25, 0.3) is 11.6 Å². The predicted molar refractivity (Wildman–Crippen MR) is 159 cm³/mol. The summed E-state index contributed by atoms with van der Waals surface area (Å²) in [5.41, 5.74) is 10.2. The van der Waals surface area contributed by atoms with Crippen LogP contribution in [-0.4, -0.2) is 26.6 Å². The summed E-state index contributed by atoms with van der Waals surface area (Å²) in [6, 6.07) is 23.7. The lowest BCUT2D eigenvalue weighted by atomic mass is 10.1. The van der Waals surface area contributed by atoms with Crippen LogP contribution in [0, 0.1) is 30.9 Å². The number of amides is 1. The molecule has 0 unspecified atom stereocenters. The molecule has 0 fully saturated rings. The Morgan fingerprint density at radius 2 is 1.77 bits per heavy atom. The smallest absolute Gasteiger partial charge is 0.271 e. The van der Waals surface area contributed by atoms with E-state index in [1.54, 1.807) is 24.4 Å². The van der Waals surface area contributed by atoms with Gasteiger partial charge in [-0.15, -0.1) is 11.3 Å². The van der Waals surface area contributed by atoms with Crippen LogP contribution in [-0.2, 0) is 0 Å². The number of carbonyl (C=O) groups is 1. The van der Waals surface area contributed by atoms with E-state index >= 15 is 0 Å². The number of nitro groups is 1. The molecule has 5 rings (SSSR count). The number of thiazole rings is 1. The second-order valence-corrected chi connectivity index (χ2v) is 10.1. The summed E-state index contributed by atoms with van der Waals surface area (Å²) < 4.78 is 1.91. The van der Waals surface area contributed by atoms with Gasteiger partial charge in [0.15, 0.2) is 5.13 Å². The highest BCUT2D eigenvalue weighted by Crippen LogP contribution is 2.28. The predicted octanol–water partition coefficient (Wildman–Crippen LogP) is 6.94. The van der Waals surface area contributed by atoms with Crippen molar-refractivity contribution in [2.45, 2.75) is 20.8 Å². The first-order chi connectivity index (χ1) is 19.3. The Hall–Kier alpha value is -5.09. The number of nitro benzene ring substituents is 1. The molecular weight excluding hydrogens is 524 g/mol. The van der Waals surface area contributed by atoms with Crippen molar-refractivity contribution in [3.05, 3.63) is 122 Å². The molecule has 0 bridgehead atoms. The van der Waals surface area contributed by atoms with Gasteiger partial charge in [0.2, 0.25) is 0 Å². The number of rotatable bonds is 8. The van der Waals surface area contributed by atoms with Gasteiger partial charge in [0.1, 0.15) is 0 Å². The minimum atomic E-state index is -0.417. The molecular formula is C30H26N6O3S. The first kappa shape index (κ1) is 26.5. The standard InChI is InChI=1S/C30H26N6O3S/c1-19-7-13-25(14-8-19)32-30-33-28(18-40-30)22-9-11-23(12-10-22)29(37)34-31-17-24-15-20(2)35(21(24)3)26-5-4-6-27(16-26)36(38)39/h4-18H,1-3H3,(H,32,33)(H,34,37)/b31-17-. The maximum atomic E-state index is 12.7. The molecule has 3 aromatic carbocycles. The average Bonchev–Trinajstić information content (AvgIpc) is 3.53. The van der Waals surface area contributed by atoms with Gasteiger partial charge in [-0.05, 0) is 57.2 Å². The summed E-state index contributed by atoms with van der Waals surface area (Å²) in [7, 11) is 0. The summed E-state index contributed by atoms with van der Waals surface area (Å²) in [6.07, 6.45) is 1.57. The van der Waals surface area contributed by atoms with Crippen molar-refractivity contribution in [1.29, 1.82) is 0 Å². The van der Waals surface area contributed by atoms with E-state index in [0.29, 0.717) is 11.3 Å². The molecule has 2 aromatic heterocycles. The van der Waals surface area contributed by atoms with E-state index in [-0.39, 0.29) is 11.6 Å². The lowest BCUT2D eigenvalue weighted by Gasteiger charge is -2.09. The van der Waals surface area contributed by atoms with Gasteiger partial charge in [0.05, 0.1) is 22.5 Å². The number of aryl methyl sites for hydroxylation is 2. The van der Waals surface area contributed by atoms with Crippen molar-refractivity contribution in [3.8, 4) is 16.9 Å². The Kier molecular flexibility index (Phi) is 7.52. The van der Waals surface area contributed by atoms with E-state index in [9.17, 15) is 14.9 Å². The lowest BCUT2D eigenvalue weighted by molar-refractivity contribution is -0.384. The van der Waals surface area contributed by atoms with Crippen LogP contribution < -0.4 is 10.7 Å². The zero-order valence-electron chi connectivity index (χ0n) is 22.1. The zero-order chi connectivity index (χ0) is 28.2. The van der Waals surface area contributed by atoms with Crippen LogP contribution in [0.15, 0.2) is 89.3 Å². The monoisotopic (exact) mass is 550 g/mol. The van der Waals surface area contributed by atoms with Crippen molar-refractivity contribution in [3.63, 3.8) is 0 Å². The molecule has 0 aliphatic carbocycles. The topological polar surface area (TPSA) is 114 Å². The Morgan fingerprint density at radius 3 is 2.50 bits per heavy atom. The minimum Gasteiger partial charge on any atom is -0.332 e. The van der Waals surface area contributed by atoms with E-state index in [4.69, 9.17) is 0 Å². The second kappa shape index (κ2) is 11.3. The molecule has 0 saturated carbocycles. The number of hydrazone groups is 1. The van der Waals surface area contributed by atoms with Crippen LogP contribution in [0.4, 0.5) is 16.5 Å². The van der Waals surface area contributed by atoms with Crippen LogP contribution in [0.2, 0.25) is 0 Å². The van der Waals surface area contributed by atoms with Crippen molar-refractivity contribution < 1.29 is 9.72 Å². The second-order valence-electron chi connectivity index (χ2n) is 9.24. The third-order valence-electron chi connectivity index (χ3n) is 6.39. The van der Waals surface area contributed by atoms with Crippen LogP contribution in [0.1, 0.15) is 32.9 Å². The molecule has 2 heterocycles. The van der Waals surface area contributed by atoms with E-state index < -0.39 is 4.92 Å². The maximum Gasteiger partial charge on any atom is 0.271 e. The van der Waals surface area contributed by atoms with Crippen LogP contribution in [0.3, 0.4) is 0 Å². The molecule has 1 amide bonds. The summed E-state index contributed by atoms with van der Waals surface area (Å²) in [4.78, 5) is 28.1. The van der Waals surface area contributed by atoms with Gasteiger partial charge in [-0.2, -0.15) is 5.10 Å². The van der Waals surface area contributed by atoms with Crippen molar-refractivity contribution in [1.82, 2.24) is 15.0 Å². The normalized spacial score (nSPS) is 11.1. The Balaban J connectivity index is 1.23. The highest BCUT2D eigenvalue weighted by atomic mass is 32.1. The largest absolute Gasteiger partial charge is 0.332 e. The zero-order valence-corrected chi connectivity index (χ0v) is 22.9. The lowest BCUT2D eigenvalue weighted by Crippen LogP contribution is -2.17. The van der Waals surface area contributed by atoms with E-state index in [1.807, 2.05) is 79.2 Å². The van der Waals surface area contributed by atoms with Gasteiger partial charge >= 0.3 is 0 Å². The van der Waals surface area contributed by atoms with Crippen LogP contribution in [0.25, 0.3) is 16.9 Å². The summed E-state index contributed by atoms with van der Waals surface area (Å²) >= 11 is 1.51. The van der Waals surface area contributed by atoms with E-state index in [0.717, 1.165) is 39.0 Å². The molecule has 0 aliphatic rings. The Bertz CT molecular complexity index is 1720. The molecule has 10 heteroatoms. The third kappa shape index (κ3) is 5.82. The highest BCUT2D eigenvalue weighted by Gasteiger charge is 2.13. The number of carbonyl (C=O) groups excluding carboxylic acids is 1. The van der Waals surface area contributed by atoms with E-state index in [2.05, 4.69) is 20.8 Å². The van der Waals surface area contributed by atoms with Gasteiger partial charge in [0, 0.05) is 51.3 Å². The number of hydrogen-bond donors (Lipinski definition) is 2. The van der Waals surface area contributed by atoms with E-state index in [1.165, 1.54) is 29.0 Å². The summed E-state index contributed by atoms with van der Waals surface area (Å²) in [5.74, 6) is -0.338. The number of hydrogen-bond acceptors (Lipinski definition) is 7. The molecule has 200 valence electrons. The first-order valence-electron chi connectivity index (χ1n) is 12.5. The number of anilines is 2. The maximum absolute atomic E-state index is 12.7. The fourth-order valence-corrected chi connectivity index (χ4v) is 5.04. The number of non-ortho nitro benzene ring substituents is 1. The van der Waals surface area contributed by atoms with Gasteiger partial charge in [-0.25, -0.2) is 10.4 Å². The fourth-order valence-electron chi connectivity index (χ4n) is 4.30. The van der Waals surface area contributed by atoms with Gasteiger partial charge in [-0.1, -0.05) is 35.9 Å². The van der Waals surface area contributed by atoms with Crippen molar-refractivity contribution in [2.24, 2.45) is 5.10 Å². The first-order valence-corrected chi connectivity index (χ1v) is 13.3. The van der Waals surface area contributed by atoms with Crippen molar-refractivity contribution >= 4 is 40.0 Å². The number of nitrogens with one attached hydrogen (secondary N) is 2. The van der Waals surface area contributed by atoms with Gasteiger partial charge in [-0.3, -0.25) is 14.9 Å². The summed E-state index contributed by atoms with van der Waals surface area (Å²) in [6.45, 7) is 5.85. The molecule has 0 atom stereocenters. The summed E-state index contributed by atoms with van der Waals surface area (Å²) in [5, 5.41) is 21.4. The molecule has 0 radical (unpaired) electrons. The average molecular weight is 551 g/mol. The number of nitrogens with zero attached hydrogens (tertiary/aromatic N) is 4. The van der Waals surface area contributed by atoms with Crippen molar-refractivity contribution in [2.75, 3.05) is 5.32 Å². The fraction of sp³-hybridized carbons (Fsp3) is 0.100. The molecule has 2 N–H and O–H groups in total. The molecule has 9 nitrogen and oxygen atoms in total. The highest BCUT2D eigenvalue weighted by molar-refractivity contribution is 7.14. The minimum absolute atomic E-state index is 0.0210. The quantitative estimate of drug-likeness (QED) is 0.123. The Morgan fingerprint density at radius 1 is 1.02 bits per heavy atom. The van der Waals surface area contributed by atoms with Gasteiger partial charge < -0.3 is 9.88 Å². The van der Waals surface area contributed by atoms with Crippen LogP contribution >= 0.6 is 11.3 Å². The Labute approximate surface area is 235 Å².